The molecule has 178 valence electrons. The minimum absolute atomic E-state index is 0.183. The molecule has 0 N–H and O–H groups in total. The summed E-state index contributed by atoms with van der Waals surface area (Å²) in [7, 11) is 0. The van der Waals surface area contributed by atoms with Crippen molar-refractivity contribution in [3.63, 3.8) is 0 Å². The second-order valence-corrected chi connectivity index (χ2v) is 9.37. The molecule has 1 unspecified atom stereocenters. The Bertz CT molecular complexity index is 873. The summed E-state index contributed by atoms with van der Waals surface area (Å²) in [6, 6.07) is 10.7. The molecule has 6 heteroatoms. The first kappa shape index (κ1) is 26.4. The van der Waals surface area contributed by atoms with Gasteiger partial charge < -0.3 is 9.47 Å². The van der Waals surface area contributed by atoms with E-state index >= 15 is 0 Å². The summed E-state index contributed by atoms with van der Waals surface area (Å²) in [6.45, 7) is 5.49. The highest BCUT2D eigenvalue weighted by atomic mass is 16.5. The molecule has 0 spiro atoms. The van der Waals surface area contributed by atoms with Gasteiger partial charge in [-0.05, 0) is 69.7 Å². The molecule has 2 rings (SSSR count). The number of carbonyl (C=O) groups is 2. The molecule has 1 aliphatic rings. The standard InChI is InChI=1S/C27H36N2O4/c1-4-6-7-8-9-16-27(20-29)17-14-23(15-18-27)32-24(30)21-10-12-22(13-11-21)33-25(31)26(3,5-2)19-28/h10-13,23H,4-9,14-18H2,1-3H3. The van der Waals surface area contributed by atoms with Crippen LogP contribution in [0.4, 0.5) is 0 Å². The van der Waals surface area contributed by atoms with Crippen LogP contribution in [0.2, 0.25) is 0 Å². The van der Waals surface area contributed by atoms with Crippen LogP contribution in [0, 0.1) is 33.5 Å². The van der Waals surface area contributed by atoms with E-state index in [2.05, 4.69) is 13.0 Å². The Kier molecular flexibility index (Phi) is 9.92. The smallest absolute Gasteiger partial charge is 0.338 e. The van der Waals surface area contributed by atoms with Crippen LogP contribution in [-0.2, 0) is 9.53 Å². The number of hydrogen-bond donors (Lipinski definition) is 0. The van der Waals surface area contributed by atoms with E-state index in [1.54, 1.807) is 26.0 Å². The number of ether oxygens (including phenoxy) is 2. The third-order valence-corrected chi connectivity index (χ3v) is 6.86. The zero-order valence-electron chi connectivity index (χ0n) is 20.2. The zero-order valence-corrected chi connectivity index (χ0v) is 20.2. The highest BCUT2D eigenvalue weighted by Gasteiger charge is 2.36. The van der Waals surface area contributed by atoms with Crippen LogP contribution in [0.25, 0.3) is 0 Å². The monoisotopic (exact) mass is 452 g/mol. The molecule has 0 radical (unpaired) electrons. The van der Waals surface area contributed by atoms with Crippen molar-refractivity contribution in [1.82, 2.24) is 0 Å². The largest absolute Gasteiger partial charge is 0.459 e. The Labute approximate surface area is 197 Å². The van der Waals surface area contributed by atoms with Crippen LogP contribution in [0.1, 0.15) is 102 Å². The minimum Gasteiger partial charge on any atom is -0.459 e. The van der Waals surface area contributed by atoms with E-state index in [1.807, 2.05) is 6.07 Å². The fraction of sp³-hybridized carbons (Fsp3) is 0.630. The summed E-state index contributed by atoms with van der Waals surface area (Å²) < 4.78 is 11.0. The quantitative estimate of drug-likeness (QED) is 0.216. The SMILES string of the molecule is CCCCCCCC1(C#N)CCC(OC(=O)c2ccc(OC(=O)C(C)(C#N)CC)cc2)CC1. The highest BCUT2D eigenvalue weighted by molar-refractivity contribution is 5.90. The Morgan fingerprint density at radius 3 is 2.24 bits per heavy atom. The molecule has 0 heterocycles. The van der Waals surface area contributed by atoms with Crippen LogP contribution in [-0.4, -0.2) is 18.0 Å². The Balaban J connectivity index is 1.84. The van der Waals surface area contributed by atoms with Crippen molar-refractivity contribution in [2.75, 3.05) is 0 Å². The molecule has 33 heavy (non-hydrogen) atoms. The molecular formula is C27H36N2O4. The zero-order chi connectivity index (χ0) is 24.3. The highest BCUT2D eigenvalue weighted by Crippen LogP contribution is 2.41. The molecule has 0 aliphatic heterocycles. The molecule has 0 saturated heterocycles. The molecule has 0 aromatic heterocycles. The Morgan fingerprint density at radius 2 is 1.70 bits per heavy atom. The number of hydrogen-bond acceptors (Lipinski definition) is 6. The Morgan fingerprint density at radius 1 is 1.06 bits per heavy atom. The number of rotatable bonds is 11. The maximum atomic E-state index is 12.6. The summed E-state index contributed by atoms with van der Waals surface area (Å²) in [5.41, 5.74) is -1.11. The molecule has 1 atom stereocenters. The van der Waals surface area contributed by atoms with E-state index in [4.69, 9.17) is 9.47 Å². The maximum absolute atomic E-state index is 12.6. The molecule has 0 amide bonds. The van der Waals surface area contributed by atoms with Crippen molar-refractivity contribution in [3.05, 3.63) is 29.8 Å². The predicted molar refractivity (Wildman–Crippen MR) is 125 cm³/mol. The number of unbranched alkanes of at least 4 members (excludes halogenated alkanes) is 4. The fourth-order valence-electron chi connectivity index (χ4n) is 4.11. The van der Waals surface area contributed by atoms with Gasteiger partial charge in [0.1, 0.15) is 11.9 Å². The van der Waals surface area contributed by atoms with Crippen LogP contribution in [0.15, 0.2) is 24.3 Å². The van der Waals surface area contributed by atoms with Gasteiger partial charge in [0, 0.05) is 0 Å². The van der Waals surface area contributed by atoms with E-state index in [0.29, 0.717) is 24.8 Å². The van der Waals surface area contributed by atoms with Gasteiger partial charge in [-0.25, -0.2) is 9.59 Å². The van der Waals surface area contributed by atoms with Gasteiger partial charge in [-0.3, -0.25) is 0 Å². The second kappa shape index (κ2) is 12.4. The first-order valence-electron chi connectivity index (χ1n) is 12.2. The number of nitriles is 2. The third kappa shape index (κ3) is 7.32. The summed E-state index contributed by atoms with van der Waals surface area (Å²) >= 11 is 0. The van der Waals surface area contributed by atoms with E-state index in [9.17, 15) is 20.1 Å². The average molecular weight is 453 g/mol. The van der Waals surface area contributed by atoms with Gasteiger partial charge in [0.2, 0.25) is 0 Å². The second-order valence-electron chi connectivity index (χ2n) is 9.37. The summed E-state index contributed by atoms with van der Waals surface area (Å²) in [6.07, 6.45) is 9.97. The van der Waals surface area contributed by atoms with Gasteiger partial charge >= 0.3 is 11.9 Å². The molecule has 1 aliphatic carbocycles. The van der Waals surface area contributed by atoms with Crippen molar-refractivity contribution in [3.8, 4) is 17.9 Å². The van der Waals surface area contributed by atoms with Gasteiger partial charge in [-0.2, -0.15) is 10.5 Å². The average Bonchev–Trinajstić information content (AvgIpc) is 2.84. The van der Waals surface area contributed by atoms with E-state index in [1.165, 1.54) is 37.8 Å². The van der Waals surface area contributed by atoms with Crippen LogP contribution < -0.4 is 4.74 Å². The molecule has 1 aromatic carbocycles. The molecule has 6 nitrogen and oxygen atoms in total. The van der Waals surface area contributed by atoms with Crippen molar-refractivity contribution in [1.29, 1.82) is 10.5 Å². The normalized spacial score (nSPS) is 21.8. The number of nitrogens with zero attached hydrogens (tertiary/aromatic N) is 2. The van der Waals surface area contributed by atoms with Crippen LogP contribution in [0.3, 0.4) is 0 Å². The lowest BCUT2D eigenvalue weighted by Crippen LogP contribution is -2.31. The lowest BCUT2D eigenvalue weighted by atomic mass is 9.71. The van der Waals surface area contributed by atoms with Gasteiger partial charge in [0.15, 0.2) is 5.41 Å². The maximum Gasteiger partial charge on any atom is 0.338 e. The van der Waals surface area contributed by atoms with Gasteiger partial charge in [-0.15, -0.1) is 0 Å². The van der Waals surface area contributed by atoms with Crippen molar-refractivity contribution in [2.24, 2.45) is 10.8 Å². The lowest BCUT2D eigenvalue weighted by Gasteiger charge is -2.34. The first-order chi connectivity index (χ1) is 15.8. The lowest BCUT2D eigenvalue weighted by molar-refractivity contribution is -0.141. The van der Waals surface area contributed by atoms with Crippen LogP contribution >= 0.6 is 0 Å². The van der Waals surface area contributed by atoms with Crippen molar-refractivity contribution in [2.45, 2.75) is 97.5 Å². The summed E-state index contributed by atoms with van der Waals surface area (Å²) in [5, 5.41) is 18.9. The summed E-state index contributed by atoms with van der Waals surface area (Å²) in [4.78, 5) is 24.8. The van der Waals surface area contributed by atoms with Gasteiger partial charge in [0.25, 0.3) is 0 Å². The topological polar surface area (TPSA) is 100 Å². The molecular weight excluding hydrogens is 416 g/mol. The number of esters is 2. The van der Waals surface area contributed by atoms with Crippen molar-refractivity contribution >= 4 is 11.9 Å². The van der Waals surface area contributed by atoms with Crippen molar-refractivity contribution < 1.29 is 19.1 Å². The third-order valence-electron chi connectivity index (χ3n) is 6.86. The van der Waals surface area contributed by atoms with E-state index < -0.39 is 17.4 Å². The van der Waals surface area contributed by atoms with Crippen LogP contribution in [0.5, 0.6) is 5.75 Å². The van der Waals surface area contributed by atoms with Gasteiger partial charge in [0.05, 0.1) is 23.1 Å². The number of carbonyl (C=O) groups excluding carboxylic acids is 2. The molecule has 1 saturated carbocycles. The minimum atomic E-state index is -1.20. The van der Waals surface area contributed by atoms with Gasteiger partial charge in [-0.1, -0.05) is 46.0 Å². The van der Waals surface area contributed by atoms with E-state index in [-0.39, 0.29) is 17.3 Å². The number of benzene rings is 1. The fourth-order valence-corrected chi connectivity index (χ4v) is 4.11. The molecule has 0 bridgehead atoms. The first-order valence-corrected chi connectivity index (χ1v) is 12.2. The molecule has 1 fully saturated rings. The Hall–Kier alpha value is -2.86. The predicted octanol–water partition coefficient (Wildman–Crippen LogP) is 6.50. The van der Waals surface area contributed by atoms with E-state index in [0.717, 1.165) is 25.7 Å². The summed E-state index contributed by atoms with van der Waals surface area (Å²) in [5.74, 6) is -0.754. The molecule has 1 aromatic rings.